The number of hydrogen-bond acceptors (Lipinski definition) is 3. The molecule has 1 heterocycles. The summed E-state index contributed by atoms with van der Waals surface area (Å²) < 4.78 is 19.2. The summed E-state index contributed by atoms with van der Waals surface area (Å²) in [6, 6.07) is 4.40. The van der Waals surface area contributed by atoms with E-state index in [-0.39, 0.29) is 10.8 Å². The molecular weight excluding hydrogens is 302 g/mol. The number of rotatable bonds is 3. The van der Waals surface area contributed by atoms with Crippen LogP contribution in [0.2, 0.25) is 10.0 Å². The first-order valence-electron chi connectivity index (χ1n) is 5.92. The minimum atomic E-state index is -0.559. The van der Waals surface area contributed by atoms with Gasteiger partial charge < -0.3 is 10.5 Å². The molecule has 2 N–H and O–H groups in total. The molecule has 0 saturated heterocycles. The van der Waals surface area contributed by atoms with Crippen molar-refractivity contribution in [2.75, 3.05) is 5.73 Å². The molecule has 2 aromatic rings. The van der Waals surface area contributed by atoms with Gasteiger partial charge in [0, 0.05) is 16.8 Å². The normalized spacial score (nSPS) is 12.2. The number of pyridine rings is 1. The van der Waals surface area contributed by atoms with Crippen molar-refractivity contribution in [1.82, 2.24) is 4.98 Å². The Hall–Kier alpha value is -1.52. The zero-order valence-electron chi connectivity index (χ0n) is 11.0. The van der Waals surface area contributed by atoms with Crippen LogP contribution < -0.4 is 10.5 Å². The monoisotopic (exact) mass is 314 g/mol. The van der Waals surface area contributed by atoms with Crippen LogP contribution in [0.4, 0.5) is 10.2 Å². The predicted octanol–water partition coefficient (Wildman–Crippen LogP) is 4.56. The fourth-order valence-electron chi connectivity index (χ4n) is 1.81. The second-order valence-electron chi connectivity index (χ2n) is 4.41. The molecule has 0 amide bonds. The van der Waals surface area contributed by atoms with E-state index in [2.05, 4.69) is 4.98 Å². The summed E-state index contributed by atoms with van der Waals surface area (Å²) in [5, 5.41) is 0.285. The van der Waals surface area contributed by atoms with Gasteiger partial charge in [-0.15, -0.1) is 0 Å². The topological polar surface area (TPSA) is 48.1 Å². The van der Waals surface area contributed by atoms with Gasteiger partial charge in [-0.3, -0.25) is 0 Å². The largest absolute Gasteiger partial charge is 0.482 e. The highest BCUT2D eigenvalue weighted by atomic mass is 35.5. The Balaban J connectivity index is 2.35. The fourth-order valence-corrected chi connectivity index (χ4v) is 2.49. The lowest BCUT2D eigenvalue weighted by molar-refractivity contribution is 0.227. The Morgan fingerprint density at radius 2 is 2.05 bits per heavy atom. The van der Waals surface area contributed by atoms with E-state index in [1.165, 1.54) is 12.1 Å². The van der Waals surface area contributed by atoms with Gasteiger partial charge in [-0.25, -0.2) is 9.37 Å². The van der Waals surface area contributed by atoms with Crippen molar-refractivity contribution in [2.24, 2.45) is 0 Å². The number of aromatic nitrogens is 1. The summed E-state index contributed by atoms with van der Waals surface area (Å²) in [6.45, 7) is 3.58. The predicted molar refractivity (Wildman–Crippen MR) is 78.8 cm³/mol. The van der Waals surface area contributed by atoms with Crippen molar-refractivity contribution in [3.63, 3.8) is 0 Å². The molecule has 0 bridgehead atoms. The molecule has 6 heteroatoms. The molecular formula is C14H13Cl2FN2O. The second kappa shape index (κ2) is 5.85. The molecule has 0 aliphatic rings. The average Bonchev–Trinajstić information content (AvgIpc) is 2.39. The third kappa shape index (κ3) is 2.97. The molecule has 0 fully saturated rings. The number of nitrogens with two attached hydrogens (primary N) is 1. The van der Waals surface area contributed by atoms with E-state index < -0.39 is 11.9 Å². The Morgan fingerprint density at radius 3 is 2.75 bits per heavy atom. The Kier molecular flexibility index (Phi) is 4.35. The fraction of sp³-hybridized carbons (Fsp3) is 0.214. The summed E-state index contributed by atoms with van der Waals surface area (Å²) in [5.41, 5.74) is 7.03. The first-order chi connectivity index (χ1) is 9.40. The standard InChI is InChI=1S/C14H13Cl2FN2O/c1-7-5-11(14(18)19-6-7)20-8(2)12-9(15)3-4-10(17)13(12)16/h3-6,8H,1-2H3,(H2,18,19)/t8-/m1/s1. The minimum Gasteiger partial charge on any atom is -0.482 e. The number of hydrogen-bond donors (Lipinski definition) is 1. The van der Waals surface area contributed by atoms with Crippen molar-refractivity contribution in [3.8, 4) is 5.75 Å². The third-order valence-electron chi connectivity index (χ3n) is 2.81. The van der Waals surface area contributed by atoms with Gasteiger partial charge >= 0.3 is 0 Å². The van der Waals surface area contributed by atoms with Crippen LogP contribution >= 0.6 is 23.2 Å². The van der Waals surface area contributed by atoms with E-state index in [9.17, 15) is 4.39 Å². The van der Waals surface area contributed by atoms with Gasteiger partial charge in [-0.05, 0) is 37.6 Å². The number of benzene rings is 1. The molecule has 0 unspecified atom stereocenters. The van der Waals surface area contributed by atoms with Crippen molar-refractivity contribution >= 4 is 29.0 Å². The number of anilines is 1. The van der Waals surface area contributed by atoms with Gasteiger partial charge in [0.25, 0.3) is 0 Å². The van der Waals surface area contributed by atoms with Crippen molar-refractivity contribution in [3.05, 3.63) is 51.4 Å². The molecule has 0 aliphatic heterocycles. The van der Waals surface area contributed by atoms with E-state index in [0.29, 0.717) is 16.3 Å². The average molecular weight is 315 g/mol. The zero-order valence-corrected chi connectivity index (χ0v) is 12.5. The highest BCUT2D eigenvalue weighted by Gasteiger charge is 2.19. The molecule has 1 aromatic carbocycles. The summed E-state index contributed by atoms with van der Waals surface area (Å²) in [5.74, 6) is 0.122. The third-order valence-corrected chi connectivity index (χ3v) is 3.52. The van der Waals surface area contributed by atoms with Crippen LogP contribution in [0.15, 0.2) is 24.4 Å². The van der Waals surface area contributed by atoms with E-state index >= 15 is 0 Å². The minimum absolute atomic E-state index is 0.0517. The van der Waals surface area contributed by atoms with E-state index in [0.717, 1.165) is 5.56 Å². The Morgan fingerprint density at radius 1 is 1.35 bits per heavy atom. The lowest BCUT2D eigenvalue weighted by Crippen LogP contribution is -2.08. The zero-order chi connectivity index (χ0) is 14.9. The lowest BCUT2D eigenvalue weighted by Gasteiger charge is -2.19. The number of halogens is 3. The number of nitrogens with zero attached hydrogens (tertiary/aromatic N) is 1. The molecule has 1 aromatic heterocycles. The first kappa shape index (κ1) is 14.9. The number of aryl methyl sites for hydroxylation is 1. The highest BCUT2D eigenvalue weighted by Crippen LogP contribution is 2.35. The van der Waals surface area contributed by atoms with Crippen molar-refractivity contribution in [1.29, 1.82) is 0 Å². The number of ether oxygens (including phenoxy) is 1. The molecule has 0 aliphatic carbocycles. The quantitative estimate of drug-likeness (QED) is 0.845. The summed E-state index contributed by atoms with van der Waals surface area (Å²) in [6.07, 6.45) is 1.08. The summed E-state index contributed by atoms with van der Waals surface area (Å²) >= 11 is 12.0. The van der Waals surface area contributed by atoms with Crippen LogP contribution in [0.1, 0.15) is 24.2 Å². The van der Waals surface area contributed by atoms with E-state index in [4.69, 9.17) is 33.7 Å². The van der Waals surface area contributed by atoms with Gasteiger partial charge in [0.1, 0.15) is 11.9 Å². The van der Waals surface area contributed by atoms with Gasteiger partial charge in [-0.1, -0.05) is 23.2 Å². The van der Waals surface area contributed by atoms with E-state index in [1.807, 2.05) is 6.92 Å². The molecule has 2 rings (SSSR count). The maximum atomic E-state index is 13.5. The maximum Gasteiger partial charge on any atom is 0.166 e. The van der Waals surface area contributed by atoms with Crippen LogP contribution in [0.3, 0.4) is 0 Å². The van der Waals surface area contributed by atoms with Gasteiger partial charge in [-0.2, -0.15) is 0 Å². The smallest absolute Gasteiger partial charge is 0.166 e. The molecule has 20 heavy (non-hydrogen) atoms. The first-order valence-corrected chi connectivity index (χ1v) is 6.68. The second-order valence-corrected chi connectivity index (χ2v) is 5.20. The van der Waals surface area contributed by atoms with Crippen LogP contribution in [0.25, 0.3) is 0 Å². The SMILES string of the molecule is Cc1cnc(N)c(O[C@H](C)c2c(Cl)ccc(F)c2Cl)c1. The lowest BCUT2D eigenvalue weighted by atomic mass is 10.1. The molecule has 0 radical (unpaired) electrons. The molecule has 1 atom stereocenters. The number of nitrogen functional groups attached to an aromatic ring is 1. The molecule has 3 nitrogen and oxygen atoms in total. The van der Waals surface area contributed by atoms with Gasteiger partial charge in [0.2, 0.25) is 0 Å². The van der Waals surface area contributed by atoms with Crippen LogP contribution in [0.5, 0.6) is 5.75 Å². The van der Waals surface area contributed by atoms with Gasteiger partial charge in [0.05, 0.1) is 5.02 Å². The van der Waals surface area contributed by atoms with Crippen molar-refractivity contribution in [2.45, 2.75) is 20.0 Å². The van der Waals surface area contributed by atoms with Crippen LogP contribution in [0, 0.1) is 12.7 Å². The van der Waals surface area contributed by atoms with Gasteiger partial charge in [0.15, 0.2) is 11.6 Å². The van der Waals surface area contributed by atoms with E-state index in [1.54, 1.807) is 19.2 Å². The molecule has 106 valence electrons. The molecule has 0 spiro atoms. The van der Waals surface area contributed by atoms with Crippen LogP contribution in [-0.4, -0.2) is 4.98 Å². The highest BCUT2D eigenvalue weighted by molar-refractivity contribution is 6.36. The molecule has 0 saturated carbocycles. The summed E-state index contributed by atoms with van der Waals surface area (Å²) in [4.78, 5) is 4.00. The Labute approximate surface area is 126 Å². The van der Waals surface area contributed by atoms with Crippen molar-refractivity contribution < 1.29 is 9.13 Å². The summed E-state index contributed by atoms with van der Waals surface area (Å²) in [7, 11) is 0. The Bertz CT molecular complexity index is 649. The van der Waals surface area contributed by atoms with Crippen LogP contribution in [-0.2, 0) is 0 Å². The maximum absolute atomic E-state index is 13.5.